The van der Waals surface area contributed by atoms with Crippen LogP contribution in [-0.4, -0.2) is 22.5 Å². The fourth-order valence-electron chi connectivity index (χ4n) is 3.40. The van der Waals surface area contributed by atoms with E-state index in [-0.39, 0.29) is 18.7 Å². The van der Waals surface area contributed by atoms with E-state index in [1.807, 2.05) is 50.2 Å². The lowest BCUT2D eigenvalue weighted by atomic mass is 10.0. The van der Waals surface area contributed by atoms with E-state index in [1.165, 1.54) is 0 Å². The van der Waals surface area contributed by atoms with Crippen LogP contribution < -0.4 is 15.7 Å². The number of nitrogens with one attached hydrogen (secondary N) is 2. The molecule has 0 aliphatic rings. The van der Waals surface area contributed by atoms with Crippen molar-refractivity contribution in [3.63, 3.8) is 0 Å². The van der Waals surface area contributed by atoms with Crippen LogP contribution in [-0.2, 0) is 11.2 Å². The van der Waals surface area contributed by atoms with Crippen molar-refractivity contribution in [3.05, 3.63) is 76.2 Å². The molecule has 0 saturated carbocycles. The first-order valence-corrected chi connectivity index (χ1v) is 9.99. The van der Waals surface area contributed by atoms with E-state index < -0.39 is 5.63 Å². The third kappa shape index (κ3) is 4.50. The fraction of sp³-hybridized carbons (Fsp3) is 0.208. The van der Waals surface area contributed by atoms with E-state index >= 15 is 0 Å². The lowest BCUT2D eigenvalue weighted by Gasteiger charge is -2.10. The van der Waals surface area contributed by atoms with Crippen molar-refractivity contribution in [2.24, 2.45) is 0 Å². The van der Waals surface area contributed by atoms with Crippen LogP contribution in [0.4, 0.5) is 5.95 Å². The number of para-hydroxylation sites is 2. The van der Waals surface area contributed by atoms with Crippen LogP contribution in [0.25, 0.3) is 22.0 Å². The molecule has 0 radical (unpaired) electrons. The third-order valence-electron chi connectivity index (χ3n) is 4.99. The number of anilines is 1. The summed E-state index contributed by atoms with van der Waals surface area (Å²) in [5.41, 5.74) is 3.81. The van der Waals surface area contributed by atoms with Gasteiger partial charge in [0.05, 0.1) is 11.0 Å². The van der Waals surface area contributed by atoms with Crippen molar-refractivity contribution in [1.29, 1.82) is 0 Å². The average Bonchev–Trinajstić information content (AvgIpc) is 3.14. The maximum Gasteiger partial charge on any atom is 0.339 e. The zero-order chi connectivity index (χ0) is 22.0. The molecule has 0 fully saturated rings. The maximum absolute atomic E-state index is 12.5. The summed E-state index contributed by atoms with van der Waals surface area (Å²) in [6, 6.07) is 12.9. The molecule has 158 valence electrons. The number of aryl methyl sites for hydroxylation is 1. The quantitative estimate of drug-likeness (QED) is 0.341. The minimum atomic E-state index is -0.446. The van der Waals surface area contributed by atoms with Crippen molar-refractivity contribution >= 4 is 33.9 Å². The maximum atomic E-state index is 12.5. The first kappa shape index (κ1) is 20.4. The largest absolute Gasteiger partial charge is 0.489 e. The number of rotatable bonds is 7. The minimum Gasteiger partial charge on any atom is -0.489 e. The number of nitrogens with zero attached hydrogens (tertiary/aromatic N) is 1. The summed E-state index contributed by atoms with van der Waals surface area (Å²) in [7, 11) is 0. The first-order chi connectivity index (χ1) is 14.9. The second kappa shape index (κ2) is 8.47. The molecule has 0 aliphatic carbocycles. The molecule has 0 saturated heterocycles. The number of carbonyl (C=O) groups excluding carboxylic acids is 1. The van der Waals surface area contributed by atoms with Crippen LogP contribution in [0.2, 0.25) is 0 Å². The van der Waals surface area contributed by atoms with E-state index in [1.54, 1.807) is 6.07 Å². The summed E-state index contributed by atoms with van der Waals surface area (Å²) >= 11 is 0. The van der Waals surface area contributed by atoms with Gasteiger partial charge in [0.1, 0.15) is 17.9 Å². The minimum absolute atomic E-state index is 0.133. The Morgan fingerprint density at radius 1 is 1.26 bits per heavy atom. The number of fused-ring (bicyclic) bond motifs is 2. The zero-order valence-corrected chi connectivity index (χ0v) is 17.5. The topological polar surface area (TPSA) is 97.2 Å². The molecule has 7 heteroatoms. The van der Waals surface area contributed by atoms with Crippen molar-refractivity contribution in [2.45, 2.75) is 26.7 Å². The highest BCUT2D eigenvalue weighted by Gasteiger charge is 2.14. The Bertz CT molecular complexity index is 1320. The van der Waals surface area contributed by atoms with Gasteiger partial charge in [0.2, 0.25) is 11.9 Å². The molecule has 2 heterocycles. The van der Waals surface area contributed by atoms with E-state index in [0.717, 1.165) is 27.6 Å². The van der Waals surface area contributed by atoms with Gasteiger partial charge in [-0.2, -0.15) is 0 Å². The lowest BCUT2D eigenvalue weighted by molar-refractivity contribution is -0.116. The van der Waals surface area contributed by atoms with E-state index in [0.29, 0.717) is 29.5 Å². The monoisotopic (exact) mass is 417 g/mol. The number of benzene rings is 2. The molecule has 0 unspecified atom stereocenters. The summed E-state index contributed by atoms with van der Waals surface area (Å²) in [6.45, 7) is 7.94. The van der Waals surface area contributed by atoms with Gasteiger partial charge in [0.25, 0.3) is 0 Å². The SMILES string of the molecule is C=C(C)COc1ccc2c(C)c(CCC(=O)Nc3nc4ccccc4[nH]3)c(=O)oc2c1. The first-order valence-electron chi connectivity index (χ1n) is 9.99. The van der Waals surface area contributed by atoms with E-state index in [9.17, 15) is 9.59 Å². The van der Waals surface area contributed by atoms with Gasteiger partial charge in [-0.05, 0) is 55.7 Å². The molecule has 2 N–H and O–H groups in total. The number of H-pyrrole nitrogens is 1. The van der Waals surface area contributed by atoms with Crippen molar-refractivity contribution in [3.8, 4) is 5.75 Å². The molecule has 7 nitrogen and oxygen atoms in total. The van der Waals surface area contributed by atoms with Gasteiger partial charge in [0.15, 0.2) is 0 Å². The van der Waals surface area contributed by atoms with Crippen LogP contribution in [0, 0.1) is 6.92 Å². The Balaban J connectivity index is 1.48. The molecule has 0 atom stereocenters. The Labute approximate surface area is 178 Å². The van der Waals surface area contributed by atoms with Crippen LogP contribution in [0.3, 0.4) is 0 Å². The molecule has 31 heavy (non-hydrogen) atoms. The van der Waals surface area contributed by atoms with Gasteiger partial charge in [-0.15, -0.1) is 0 Å². The van der Waals surface area contributed by atoms with Crippen molar-refractivity contribution in [1.82, 2.24) is 9.97 Å². The molecule has 4 rings (SSSR count). The highest BCUT2D eigenvalue weighted by Crippen LogP contribution is 2.25. The van der Waals surface area contributed by atoms with Crippen molar-refractivity contribution < 1.29 is 13.9 Å². The second-order valence-corrected chi connectivity index (χ2v) is 7.55. The number of carbonyl (C=O) groups is 1. The Kier molecular flexibility index (Phi) is 5.58. The lowest BCUT2D eigenvalue weighted by Crippen LogP contribution is -2.17. The molecule has 0 bridgehead atoms. The zero-order valence-electron chi connectivity index (χ0n) is 17.5. The molecule has 4 aromatic rings. The number of aromatic nitrogens is 2. The highest BCUT2D eigenvalue weighted by atomic mass is 16.5. The summed E-state index contributed by atoms with van der Waals surface area (Å²) in [5, 5.41) is 3.56. The smallest absolute Gasteiger partial charge is 0.339 e. The van der Waals surface area contributed by atoms with Crippen LogP contribution in [0.15, 0.2) is 63.8 Å². The fourth-order valence-corrected chi connectivity index (χ4v) is 3.40. The molecule has 0 spiro atoms. The highest BCUT2D eigenvalue weighted by molar-refractivity contribution is 5.91. The van der Waals surface area contributed by atoms with Gasteiger partial charge in [-0.1, -0.05) is 18.7 Å². The Morgan fingerprint density at radius 2 is 2.06 bits per heavy atom. The normalized spacial score (nSPS) is 11.0. The van der Waals surface area contributed by atoms with Crippen LogP contribution in [0.5, 0.6) is 5.75 Å². The molecule has 2 aromatic heterocycles. The number of hydrogen-bond acceptors (Lipinski definition) is 5. The Hall–Kier alpha value is -3.87. The summed E-state index contributed by atoms with van der Waals surface area (Å²) in [4.78, 5) is 32.3. The molecule has 2 aromatic carbocycles. The van der Waals surface area contributed by atoms with Crippen LogP contribution >= 0.6 is 0 Å². The molecule has 1 amide bonds. The van der Waals surface area contributed by atoms with Gasteiger partial charge in [0, 0.05) is 23.4 Å². The average molecular weight is 417 g/mol. The standard InChI is InChI=1S/C24H23N3O4/c1-14(2)13-30-16-8-9-17-15(3)18(23(29)31-21(17)12-16)10-11-22(28)27-24-25-19-6-4-5-7-20(19)26-24/h4-9,12H,1,10-11,13H2,2-3H3,(H2,25,26,27,28). The third-order valence-corrected chi connectivity index (χ3v) is 4.99. The van der Waals surface area contributed by atoms with Crippen molar-refractivity contribution in [2.75, 3.05) is 11.9 Å². The van der Waals surface area contributed by atoms with E-state index in [4.69, 9.17) is 9.15 Å². The predicted molar refractivity (Wildman–Crippen MR) is 121 cm³/mol. The van der Waals surface area contributed by atoms with Gasteiger partial charge in [-0.25, -0.2) is 9.78 Å². The number of amides is 1. The predicted octanol–water partition coefficient (Wildman–Crippen LogP) is 4.50. The van der Waals surface area contributed by atoms with Gasteiger partial charge in [-0.3, -0.25) is 10.1 Å². The van der Waals surface area contributed by atoms with Gasteiger partial charge < -0.3 is 14.1 Å². The number of imidazole rings is 1. The molecular weight excluding hydrogens is 394 g/mol. The van der Waals surface area contributed by atoms with E-state index in [2.05, 4.69) is 21.9 Å². The Morgan fingerprint density at radius 3 is 2.84 bits per heavy atom. The summed E-state index contributed by atoms with van der Waals surface area (Å²) in [5.74, 6) is 0.758. The number of ether oxygens (including phenoxy) is 1. The molecule has 0 aliphatic heterocycles. The summed E-state index contributed by atoms with van der Waals surface area (Å²) in [6.07, 6.45) is 0.401. The second-order valence-electron chi connectivity index (χ2n) is 7.55. The summed E-state index contributed by atoms with van der Waals surface area (Å²) < 4.78 is 11.1. The molecular formula is C24H23N3O4. The number of hydrogen-bond donors (Lipinski definition) is 2. The van der Waals surface area contributed by atoms with Gasteiger partial charge >= 0.3 is 5.63 Å². The van der Waals surface area contributed by atoms with Crippen LogP contribution in [0.1, 0.15) is 24.5 Å². The number of aromatic amines is 1.